The van der Waals surface area contributed by atoms with E-state index >= 15 is 0 Å². The molecular formula is C11H19F3N4. The first-order valence-corrected chi connectivity index (χ1v) is 6.07. The number of likely N-dealkylation sites (N-methyl/N-ethyl adjacent to an activating group) is 1. The predicted molar refractivity (Wildman–Crippen MR) is 62.2 cm³/mol. The van der Waals surface area contributed by atoms with E-state index in [0.717, 1.165) is 18.8 Å². The normalized spacial score (nSPS) is 13.8. The van der Waals surface area contributed by atoms with Crippen LogP contribution in [-0.4, -0.2) is 34.0 Å². The summed E-state index contributed by atoms with van der Waals surface area (Å²) in [6, 6.07) is -0.230. The third kappa shape index (κ3) is 5.03. The van der Waals surface area contributed by atoms with Crippen molar-refractivity contribution in [3.63, 3.8) is 0 Å². The van der Waals surface area contributed by atoms with Crippen LogP contribution in [-0.2, 0) is 13.0 Å². The maximum absolute atomic E-state index is 12.2. The van der Waals surface area contributed by atoms with Gasteiger partial charge in [-0.05, 0) is 19.9 Å². The zero-order chi connectivity index (χ0) is 13.6. The van der Waals surface area contributed by atoms with E-state index in [1.54, 1.807) is 11.7 Å². The van der Waals surface area contributed by atoms with Gasteiger partial charge in [0.05, 0.1) is 0 Å². The van der Waals surface area contributed by atoms with Gasteiger partial charge in [-0.2, -0.15) is 18.3 Å². The van der Waals surface area contributed by atoms with Gasteiger partial charge in [0.15, 0.2) is 0 Å². The summed E-state index contributed by atoms with van der Waals surface area (Å²) >= 11 is 0. The molecule has 0 aliphatic heterocycles. The number of nitrogens with zero attached hydrogens (tertiary/aromatic N) is 3. The molecule has 0 aliphatic rings. The Bertz CT molecular complexity index is 348. The zero-order valence-electron chi connectivity index (χ0n) is 10.7. The number of alkyl halides is 3. The Balaban J connectivity index is 2.54. The molecule has 104 valence electrons. The summed E-state index contributed by atoms with van der Waals surface area (Å²) in [5.74, 6) is 0.735. The van der Waals surface area contributed by atoms with Crippen molar-refractivity contribution in [1.29, 1.82) is 0 Å². The van der Waals surface area contributed by atoms with Gasteiger partial charge in [-0.3, -0.25) is 4.68 Å². The van der Waals surface area contributed by atoms with Crippen molar-refractivity contribution >= 4 is 0 Å². The lowest BCUT2D eigenvalue weighted by atomic mass is 10.1. The summed E-state index contributed by atoms with van der Waals surface area (Å²) in [7, 11) is 1.67. The highest BCUT2D eigenvalue weighted by Gasteiger charge is 2.28. The standard InChI is InChI=1S/C11H19F3N4/c1-3-6-18-10(16-8-17-18)7-9(15-2)4-5-11(12,13)14/h8-9,15H,3-7H2,1-2H3. The van der Waals surface area contributed by atoms with Crippen LogP contribution in [0.1, 0.15) is 32.0 Å². The van der Waals surface area contributed by atoms with Crippen LogP contribution in [0.25, 0.3) is 0 Å². The molecule has 1 aromatic heterocycles. The highest BCUT2D eigenvalue weighted by molar-refractivity contribution is 4.89. The Kier molecular flexibility index (Phi) is 5.58. The maximum Gasteiger partial charge on any atom is 0.389 e. The molecule has 1 unspecified atom stereocenters. The number of aromatic nitrogens is 3. The molecule has 0 spiro atoms. The van der Waals surface area contributed by atoms with E-state index in [2.05, 4.69) is 15.4 Å². The second-order valence-corrected chi connectivity index (χ2v) is 4.24. The van der Waals surface area contributed by atoms with Crippen molar-refractivity contribution in [2.45, 2.75) is 51.4 Å². The van der Waals surface area contributed by atoms with Crippen molar-refractivity contribution in [2.24, 2.45) is 0 Å². The SMILES string of the molecule is CCCn1ncnc1CC(CCC(F)(F)F)NC. The number of halogens is 3. The lowest BCUT2D eigenvalue weighted by molar-refractivity contribution is -0.136. The van der Waals surface area contributed by atoms with Gasteiger partial charge in [0.25, 0.3) is 0 Å². The maximum atomic E-state index is 12.2. The van der Waals surface area contributed by atoms with E-state index in [1.165, 1.54) is 6.33 Å². The summed E-state index contributed by atoms with van der Waals surface area (Å²) in [5, 5.41) is 6.96. The zero-order valence-corrected chi connectivity index (χ0v) is 10.7. The van der Waals surface area contributed by atoms with Crippen molar-refractivity contribution in [2.75, 3.05) is 7.05 Å². The average Bonchev–Trinajstić information content (AvgIpc) is 2.71. The molecule has 1 heterocycles. The molecule has 0 aliphatic carbocycles. The van der Waals surface area contributed by atoms with Crippen LogP contribution in [0.15, 0.2) is 6.33 Å². The fourth-order valence-electron chi connectivity index (χ4n) is 1.75. The molecule has 18 heavy (non-hydrogen) atoms. The first-order chi connectivity index (χ1) is 8.46. The van der Waals surface area contributed by atoms with E-state index in [1.807, 2.05) is 6.92 Å². The minimum absolute atomic E-state index is 0.0545. The summed E-state index contributed by atoms with van der Waals surface area (Å²) in [6.07, 6.45) is -2.00. The van der Waals surface area contributed by atoms with E-state index in [0.29, 0.717) is 6.42 Å². The Morgan fingerprint density at radius 1 is 1.44 bits per heavy atom. The van der Waals surface area contributed by atoms with E-state index in [4.69, 9.17) is 0 Å². The van der Waals surface area contributed by atoms with Crippen molar-refractivity contribution in [3.8, 4) is 0 Å². The highest BCUT2D eigenvalue weighted by Crippen LogP contribution is 2.22. The van der Waals surface area contributed by atoms with E-state index < -0.39 is 12.6 Å². The van der Waals surface area contributed by atoms with Gasteiger partial charge in [-0.25, -0.2) is 4.98 Å². The number of hydrogen-bond acceptors (Lipinski definition) is 3. The summed E-state index contributed by atoms with van der Waals surface area (Å²) in [4.78, 5) is 4.10. The van der Waals surface area contributed by atoms with Crippen LogP contribution in [0.4, 0.5) is 13.2 Å². The monoisotopic (exact) mass is 264 g/mol. The Labute approximate surface area is 105 Å². The molecule has 0 fully saturated rings. The predicted octanol–water partition coefficient (Wildman–Crippen LogP) is 2.16. The molecule has 0 saturated carbocycles. The second-order valence-electron chi connectivity index (χ2n) is 4.24. The minimum atomic E-state index is -4.10. The van der Waals surface area contributed by atoms with E-state index in [9.17, 15) is 13.2 Å². The van der Waals surface area contributed by atoms with Gasteiger partial charge in [0.1, 0.15) is 12.2 Å². The fourth-order valence-corrected chi connectivity index (χ4v) is 1.75. The molecule has 1 aromatic rings. The second kappa shape index (κ2) is 6.72. The van der Waals surface area contributed by atoms with Crippen LogP contribution in [0.3, 0.4) is 0 Å². The molecule has 0 saturated heterocycles. The highest BCUT2D eigenvalue weighted by atomic mass is 19.4. The lowest BCUT2D eigenvalue weighted by Crippen LogP contribution is -2.30. The number of aryl methyl sites for hydroxylation is 1. The topological polar surface area (TPSA) is 42.7 Å². The molecule has 0 aromatic carbocycles. The minimum Gasteiger partial charge on any atom is -0.317 e. The third-order valence-electron chi connectivity index (χ3n) is 2.74. The lowest BCUT2D eigenvalue weighted by Gasteiger charge is -2.17. The average molecular weight is 264 g/mol. The summed E-state index contributed by atoms with van der Waals surface area (Å²) < 4.78 is 38.3. The largest absolute Gasteiger partial charge is 0.389 e. The summed E-state index contributed by atoms with van der Waals surface area (Å²) in [5.41, 5.74) is 0. The first kappa shape index (κ1) is 14.9. The van der Waals surface area contributed by atoms with E-state index in [-0.39, 0.29) is 12.5 Å². The van der Waals surface area contributed by atoms with Crippen LogP contribution in [0.2, 0.25) is 0 Å². The summed E-state index contributed by atoms with van der Waals surface area (Å²) in [6.45, 7) is 2.76. The van der Waals surface area contributed by atoms with Crippen LogP contribution >= 0.6 is 0 Å². The van der Waals surface area contributed by atoms with Gasteiger partial charge in [-0.1, -0.05) is 6.92 Å². The van der Waals surface area contributed by atoms with Gasteiger partial charge < -0.3 is 5.32 Å². The molecule has 4 nitrogen and oxygen atoms in total. The fraction of sp³-hybridized carbons (Fsp3) is 0.818. The molecule has 1 rings (SSSR count). The van der Waals surface area contributed by atoms with Gasteiger partial charge in [0, 0.05) is 25.4 Å². The molecule has 1 atom stereocenters. The van der Waals surface area contributed by atoms with Crippen LogP contribution in [0.5, 0.6) is 0 Å². The van der Waals surface area contributed by atoms with Crippen LogP contribution < -0.4 is 5.32 Å². The van der Waals surface area contributed by atoms with Crippen LogP contribution in [0, 0.1) is 0 Å². The molecule has 7 heteroatoms. The molecule has 0 bridgehead atoms. The quantitative estimate of drug-likeness (QED) is 0.820. The smallest absolute Gasteiger partial charge is 0.317 e. The molecular weight excluding hydrogens is 245 g/mol. The Hall–Kier alpha value is -1.11. The number of rotatable bonds is 7. The number of nitrogens with one attached hydrogen (secondary N) is 1. The molecule has 0 amide bonds. The van der Waals surface area contributed by atoms with Crippen molar-refractivity contribution in [3.05, 3.63) is 12.2 Å². The third-order valence-corrected chi connectivity index (χ3v) is 2.74. The Morgan fingerprint density at radius 2 is 2.17 bits per heavy atom. The van der Waals surface area contributed by atoms with Crippen molar-refractivity contribution in [1.82, 2.24) is 20.1 Å². The van der Waals surface area contributed by atoms with Gasteiger partial charge in [-0.15, -0.1) is 0 Å². The Morgan fingerprint density at radius 3 is 2.72 bits per heavy atom. The molecule has 0 radical (unpaired) electrons. The number of hydrogen-bond donors (Lipinski definition) is 1. The first-order valence-electron chi connectivity index (χ1n) is 6.07. The molecule has 1 N–H and O–H groups in total. The van der Waals surface area contributed by atoms with Crippen molar-refractivity contribution < 1.29 is 13.2 Å². The van der Waals surface area contributed by atoms with Gasteiger partial charge in [0.2, 0.25) is 0 Å². The van der Waals surface area contributed by atoms with Gasteiger partial charge >= 0.3 is 6.18 Å².